The summed E-state index contributed by atoms with van der Waals surface area (Å²) >= 11 is 0. The van der Waals surface area contributed by atoms with E-state index in [-0.39, 0.29) is 6.04 Å². The average molecular weight is 272 g/mol. The third kappa shape index (κ3) is 3.69. The summed E-state index contributed by atoms with van der Waals surface area (Å²) < 4.78 is 26.3. The van der Waals surface area contributed by atoms with Gasteiger partial charge in [0, 0.05) is 12.6 Å². The molecular formula is C13H24N2O2S. The molecule has 4 nitrogen and oxygen atoms in total. The molecule has 0 amide bonds. The van der Waals surface area contributed by atoms with Gasteiger partial charge in [-0.25, -0.2) is 8.42 Å². The van der Waals surface area contributed by atoms with Crippen molar-refractivity contribution in [2.75, 3.05) is 6.54 Å². The quantitative estimate of drug-likeness (QED) is 0.746. The van der Waals surface area contributed by atoms with Crippen molar-refractivity contribution in [2.45, 2.75) is 64.2 Å². The second-order valence-electron chi connectivity index (χ2n) is 5.55. The summed E-state index contributed by atoms with van der Waals surface area (Å²) in [5.74, 6) is 0.474. The van der Waals surface area contributed by atoms with Gasteiger partial charge in [-0.1, -0.05) is 26.7 Å². The van der Waals surface area contributed by atoms with Crippen LogP contribution in [0.3, 0.4) is 0 Å². The lowest BCUT2D eigenvalue weighted by atomic mass is 10.1. The maximum atomic E-state index is 12.4. The van der Waals surface area contributed by atoms with E-state index in [0.29, 0.717) is 12.5 Å². The molecule has 18 heavy (non-hydrogen) atoms. The summed E-state index contributed by atoms with van der Waals surface area (Å²) in [6.45, 7) is 6.21. The van der Waals surface area contributed by atoms with Crippen molar-refractivity contribution >= 4 is 10.0 Å². The Morgan fingerprint density at radius 2 is 1.83 bits per heavy atom. The maximum Gasteiger partial charge on any atom is 0.230 e. The van der Waals surface area contributed by atoms with Crippen molar-refractivity contribution in [2.24, 2.45) is 5.92 Å². The third-order valence-corrected chi connectivity index (χ3v) is 5.75. The Hall–Kier alpha value is -0.600. The molecule has 1 saturated carbocycles. The summed E-state index contributed by atoms with van der Waals surface area (Å²) in [5, 5.41) is 7.94. The summed E-state index contributed by atoms with van der Waals surface area (Å²) in [6.07, 6.45) is 4.93. The van der Waals surface area contributed by atoms with E-state index in [0.717, 1.165) is 32.1 Å². The Bertz CT molecular complexity index is 392. The van der Waals surface area contributed by atoms with Crippen molar-refractivity contribution in [3.05, 3.63) is 0 Å². The Balaban J connectivity index is 2.86. The number of sulfonamides is 1. The summed E-state index contributed by atoms with van der Waals surface area (Å²) in [7, 11) is -3.46. The molecule has 0 radical (unpaired) electrons. The molecule has 0 aromatic heterocycles. The molecule has 1 aliphatic rings. The second kappa shape index (κ2) is 6.53. The zero-order valence-electron chi connectivity index (χ0n) is 11.6. The zero-order valence-corrected chi connectivity index (χ0v) is 12.4. The van der Waals surface area contributed by atoms with Crippen molar-refractivity contribution in [3.8, 4) is 6.07 Å². The van der Waals surface area contributed by atoms with Gasteiger partial charge in [-0.15, -0.1) is 0 Å². The minimum atomic E-state index is -3.46. The molecule has 0 aliphatic heterocycles. The minimum absolute atomic E-state index is 0.115. The van der Waals surface area contributed by atoms with E-state index in [2.05, 4.69) is 13.8 Å². The maximum absolute atomic E-state index is 12.4. The molecule has 1 aliphatic carbocycles. The van der Waals surface area contributed by atoms with Gasteiger partial charge in [-0.05, 0) is 32.1 Å². The zero-order chi connectivity index (χ0) is 13.8. The normalized spacial score (nSPS) is 19.3. The molecule has 1 atom stereocenters. The van der Waals surface area contributed by atoms with Crippen LogP contribution in [-0.4, -0.2) is 30.6 Å². The molecule has 1 rings (SSSR count). The van der Waals surface area contributed by atoms with Crippen LogP contribution in [0.25, 0.3) is 0 Å². The number of nitriles is 1. The van der Waals surface area contributed by atoms with Gasteiger partial charge in [0.25, 0.3) is 0 Å². The molecule has 1 unspecified atom stereocenters. The van der Waals surface area contributed by atoms with E-state index in [1.807, 2.05) is 6.07 Å². The van der Waals surface area contributed by atoms with Crippen molar-refractivity contribution in [1.82, 2.24) is 4.31 Å². The molecule has 0 aromatic carbocycles. The first-order chi connectivity index (χ1) is 8.39. The van der Waals surface area contributed by atoms with Gasteiger partial charge in [0.2, 0.25) is 10.0 Å². The number of hydrogen-bond acceptors (Lipinski definition) is 3. The Morgan fingerprint density at radius 1 is 1.28 bits per heavy atom. The lowest BCUT2D eigenvalue weighted by Gasteiger charge is -2.29. The molecule has 0 N–H and O–H groups in total. The molecule has 0 bridgehead atoms. The molecule has 0 spiro atoms. The highest BCUT2D eigenvalue weighted by atomic mass is 32.2. The van der Waals surface area contributed by atoms with Crippen LogP contribution in [0.2, 0.25) is 0 Å². The van der Waals surface area contributed by atoms with Crippen LogP contribution in [-0.2, 0) is 10.0 Å². The molecule has 0 saturated heterocycles. The monoisotopic (exact) mass is 272 g/mol. The largest absolute Gasteiger partial charge is 0.230 e. The van der Waals surface area contributed by atoms with Crippen molar-refractivity contribution in [1.29, 1.82) is 5.26 Å². The predicted octanol–water partition coefficient (Wildman–Crippen LogP) is 2.52. The van der Waals surface area contributed by atoms with Crippen molar-refractivity contribution in [3.63, 3.8) is 0 Å². The molecule has 104 valence electrons. The van der Waals surface area contributed by atoms with Gasteiger partial charge in [0.1, 0.15) is 0 Å². The molecule has 1 fully saturated rings. The SMILES string of the molecule is CC(C)CCN(C1CCCC1)S(=O)(=O)C(C)C#N. The van der Waals surface area contributed by atoms with Crippen molar-refractivity contribution < 1.29 is 8.42 Å². The Morgan fingerprint density at radius 3 is 2.28 bits per heavy atom. The smallest absolute Gasteiger partial charge is 0.211 e. The van der Waals surface area contributed by atoms with E-state index in [1.165, 1.54) is 6.92 Å². The highest BCUT2D eigenvalue weighted by Crippen LogP contribution is 2.27. The van der Waals surface area contributed by atoms with E-state index in [1.54, 1.807) is 4.31 Å². The van der Waals surface area contributed by atoms with Gasteiger partial charge < -0.3 is 0 Å². The van der Waals surface area contributed by atoms with Gasteiger partial charge >= 0.3 is 0 Å². The van der Waals surface area contributed by atoms with Crippen LogP contribution in [0, 0.1) is 17.2 Å². The summed E-state index contributed by atoms with van der Waals surface area (Å²) in [5.41, 5.74) is 0. The second-order valence-corrected chi connectivity index (χ2v) is 7.75. The van der Waals surface area contributed by atoms with Crippen LogP contribution in [0.4, 0.5) is 0 Å². The fraction of sp³-hybridized carbons (Fsp3) is 0.923. The van der Waals surface area contributed by atoms with E-state index in [4.69, 9.17) is 5.26 Å². The fourth-order valence-electron chi connectivity index (χ4n) is 2.36. The third-order valence-electron chi connectivity index (χ3n) is 3.61. The lowest BCUT2D eigenvalue weighted by molar-refractivity contribution is 0.303. The average Bonchev–Trinajstić information content (AvgIpc) is 2.80. The number of rotatable bonds is 6. The topological polar surface area (TPSA) is 61.2 Å². The minimum Gasteiger partial charge on any atom is -0.211 e. The van der Waals surface area contributed by atoms with Gasteiger partial charge in [0.15, 0.2) is 5.25 Å². The van der Waals surface area contributed by atoms with Gasteiger partial charge in [-0.3, -0.25) is 0 Å². The van der Waals surface area contributed by atoms with Crippen LogP contribution in [0.15, 0.2) is 0 Å². The van der Waals surface area contributed by atoms with E-state index in [9.17, 15) is 8.42 Å². The van der Waals surface area contributed by atoms with E-state index < -0.39 is 15.3 Å². The molecular weight excluding hydrogens is 248 g/mol. The summed E-state index contributed by atoms with van der Waals surface area (Å²) in [6, 6.07) is 1.98. The highest BCUT2D eigenvalue weighted by molar-refractivity contribution is 7.90. The molecule has 5 heteroatoms. The number of hydrogen-bond donors (Lipinski definition) is 0. The van der Waals surface area contributed by atoms with Gasteiger partial charge in [0.05, 0.1) is 6.07 Å². The summed E-state index contributed by atoms with van der Waals surface area (Å²) in [4.78, 5) is 0. The predicted molar refractivity (Wildman–Crippen MR) is 72.4 cm³/mol. The number of nitrogens with zero attached hydrogens (tertiary/aromatic N) is 2. The fourth-order valence-corrected chi connectivity index (χ4v) is 3.89. The van der Waals surface area contributed by atoms with Crippen LogP contribution < -0.4 is 0 Å². The molecule has 0 aromatic rings. The first-order valence-electron chi connectivity index (χ1n) is 6.80. The van der Waals surface area contributed by atoms with E-state index >= 15 is 0 Å². The first kappa shape index (κ1) is 15.5. The molecule has 0 heterocycles. The first-order valence-corrected chi connectivity index (χ1v) is 8.30. The lowest BCUT2D eigenvalue weighted by Crippen LogP contribution is -2.43. The Labute approximate surface area is 111 Å². The van der Waals surface area contributed by atoms with Crippen LogP contribution >= 0.6 is 0 Å². The van der Waals surface area contributed by atoms with Crippen LogP contribution in [0.1, 0.15) is 52.9 Å². The standard InChI is InChI=1S/C13H24N2O2S/c1-11(2)8-9-15(13-6-4-5-7-13)18(16,17)12(3)10-14/h11-13H,4-9H2,1-3H3. The van der Waals surface area contributed by atoms with Gasteiger partial charge in [-0.2, -0.15) is 9.57 Å². The Kier molecular flexibility index (Phi) is 5.61. The highest BCUT2D eigenvalue weighted by Gasteiger charge is 2.35. The van der Waals surface area contributed by atoms with Crippen LogP contribution in [0.5, 0.6) is 0 Å².